The highest BCUT2D eigenvalue weighted by atomic mass is 16.2. The van der Waals surface area contributed by atoms with E-state index in [1.54, 1.807) is 0 Å². The molecule has 0 saturated carbocycles. The Morgan fingerprint density at radius 2 is 1.64 bits per heavy atom. The minimum Gasteiger partial charge on any atom is -0.374 e. The van der Waals surface area contributed by atoms with E-state index in [-0.39, 0.29) is 18.0 Å². The Balaban J connectivity index is 1.91. The summed E-state index contributed by atoms with van der Waals surface area (Å²) >= 11 is 0. The number of hydrogen-bond acceptors (Lipinski definition) is 2. The van der Waals surface area contributed by atoms with Gasteiger partial charge in [0.15, 0.2) is 0 Å². The fourth-order valence-electron chi connectivity index (χ4n) is 2.32. The van der Waals surface area contributed by atoms with Crippen molar-refractivity contribution in [2.75, 3.05) is 5.32 Å². The second-order valence-corrected chi connectivity index (χ2v) is 5.56. The third-order valence-electron chi connectivity index (χ3n) is 3.80. The van der Waals surface area contributed by atoms with Gasteiger partial charge < -0.3 is 10.6 Å². The lowest BCUT2D eigenvalue weighted by molar-refractivity contribution is -0.122. The van der Waals surface area contributed by atoms with Crippen LogP contribution in [-0.4, -0.2) is 11.9 Å². The molecular weight excluding hydrogens is 272 g/mol. The second kappa shape index (κ2) is 7.64. The molecule has 0 heterocycles. The van der Waals surface area contributed by atoms with Gasteiger partial charge in [-0.15, -0.1) is 0 Å². The van der Waals surface area contributed by atoms with Gasteiger partial charge in [-0.3, -0.25) is 4.79 Å². The maximum absolute atomic E-state index is 12.3. The van der Waals surface area contributed by atoms with Gasteiger partial charge in [-0.05, 0) is 43.5 Å². The molecular formula is C19H24N2O. The van der Waals surface area contributed by atoms with E-state index >= 15 is 0 Å². The monoisotopic (exact) mass is 296 g/mol. The molecule has 0 unspecified atom stereocenters. The van der Waals surface area contributed by atoms with Crippen molar-refractivity contribution in [3.8, 4) is 0 Å². The van der Waals surface area contributed by atoms with Gasteiger partial charge in [0.1, 0.15) is 6.04 Å². The summed E-state index contributed by atoms with van der Waals surface area (Å²) in [4.78, 5) is 12.3. The molecule has 3 heteroatoms. The van der Waals surface area contributed by atoms with Crippen LogP contribution in [0.3, 0.4) is 0 Å². The maximum Gasteiger partial charge on any atom is 0.242 e. The van der Waals surface area contributed by atoms with Gasteiger partial charge >= 0.3 is 0 Å². The molecule has 116 valence electrons. The van der Waals surface area contributed by atoms with Crippen LogP contribution in [0.2, 0.25) is 0 Å². The highest BCUT2D eigenvalue weighted by molar-refractivity contribution is 5.84. The van der Waals surface area contributed by atoms with E-state index in [2.05, 4.69) is 29.7 Å². The minimum atomic E-state index is -0.279. The van der Waals surface area contributed by atoms with E-state index < -0.39 is 0 Å². The highest BCUT2D eigenvalue weighted by Crippen LogP contribution is 2.13. The number of nitrogens with one attached hydrogen (secondary N) is 2. The van der Waals surface area contributed by atoms with Gasteiger partial charge in [0.25, 0.3) is 0 Å². The lowest BCUT2D eigenvalue weighted by Gasteiger charge is -2.19. The van der Waals surface area contributed by atoms with Crippen molar-refractivity contribution >= 4 is 11.6 Å². The molecule has 0 bridgehead atoms. The zero-order chi connectivity index (χ0) is 15.9. The number of rotatable bonds is 6. The molecule has 2 aromatic rings. The number of anilines is 1. The molecule has 0 fully saturated rings. The maximum atomic E-state index is 12.3. The zero-order valence-electron chi connectivity index (χ0n) is 13.5. The van der Waals surface area contributed by atoms with Crippen molar-refractivity contribution in [1.29, 1.82) is 0 Å². The van der Waals surface area contributed by atoms with E-state index in [4.69, 9.17) is 0 Å². The standard InChI is InChI=1S/C19H24N2O/c1-4-16-10-12-18(13-11-16)20-15(3)19(22)21-14(2)17-8-6-5-7-9-17/h5-15,20H,4H2,1-3H3,(H,21,22)/t14-,15+/m1/s1. The molecule has 0 spiro atoms. The second-order valence-electron chi connectivity index (χ2n) is 5.56. The first-order valence-corrected chi connectivity index (χ1v) is 7.81. The Morgan fingerprint density at radius 3 is 2.23 bits per heavy atom. The summed E-state index contributed by atoms with van der Waals surface area (Å²) < 4.78 is 0. The molecule has 2 aromatic carbocycles. The Bertz CT molecular complexity index is 593. The van der Waals surface area contributed by atoms with Gasteiger partial charge in [0.05, 0.1) is 6.04 Å². The summed E-state index contributed by atoms with van der Waals surface area (Å²) in [6.45, 7) is 6.00. The lowest BCUT2D eigenvalue weighted by Crippen LogP contribution is -2.38. The predicted molar refractivity (Wildman–Crippen MR) is 91.9 cm³/mol. The predicted octanol–water partition coefficient (Wildman–Crippen LogP) is 3.93. The van der Waals surface area contributed by atoms with E-state index in [0.717, 1.165) is 17.7 Å². The van der Waals surface area contributed by atoms with E-state index in [1.165, 1.54) is 5.56 Å². The van der Waals surface area contributed by atoms with E-state index in [0.29, 0.717) is 0 Å². The highest BCUT2D eigenvalue weighted by Gasteiger charge is 2.15. The van der Waals surface area contributed by atoms with Gasteiger partial charge in [-0.25, -0.2) is 0 Å². The first kappa shape index (κ1) is 16.1. The van der Waals surface area contributed by atoms with Crippen molar-refractivity contribution in [3.63, 3.8) is 0 Å². The average molecular weight is 296 g/mol. The Morgan fingerprint density at radius 1 is 1.00 bits per heavy atom. The fraction of sp³-hybridized carbons (Fsp3) is 0.316. The van der Waals surface area contributed by atoms with E-state index in [9.17, 15) is 4.79 Å². The van der Waals surface area contributed by atoms with Crippen LogP contribution in [0.25, 0.3) is 0 Å². The first-order valence-electron chi connectivity index (χ1n) is 7.81. The van der Waals surface area contributed by atoms with Gasteiger partial charge in [-0.2, -0.15) is 0 Å². The number of carbonyl (C=O) groups excluding carboxylic acids is 1. The Labute approximate surface area is 132 Å². The molecule has 2 rings (SSSR count). The number of amides is 1. The molecule has 1 amide bonds. The quantitative estimate of drug-likeness (QED) is 0.848. The number of carbonyl (C=O) groups is 1. The zero-order valence-corrected chi connectivity index (χ0v) is 13.5. The summed E-state index contributed by atoms with van der Waals surface area (Å²) in [5.74, 6) is -0.00378. The van der Waals surface area contributed by atoms with Gasteiger partial charge in [0, 0.05) is 5.69 Å². The minimum absolute atomic E-state index is 0.000386. The molecule has 0 saturated heterocycles. The molecule has 22 heavy (non-hydrogen) atoms. The van der Waals surface area contributed by atoms with Crippen LogP contribution >= 0.6 is 0 Å². The van der Waals surface area contributed by atoms with Crippen LogP contribution < -0.4 is 10.6 Å². The summed E-state index contributed by atoms with van der Waals surface area (Å²) in [5.41, 5.74) is 3.36. The van der Waals surface area contributed by atoms with Gasteiger partial charge in [-0.1, -0.05) is 49.4 Å². The number of aryl methyl sites for hydroxylation is 1. The van der Waals surface area contributed by atoms with Crippen LogP contribution in [0.15, 0.2) is 54.6 Å². The topological polar surface area (TPSA) is 41.1 Å². The summed E-state index contributed by atoms with van der Waals surface area (Å²) in [6.07, 6.45) is 1.02. The summed E-state index contributed by atoms with van der Waals surface area (Å²) in [6, 6.07) is 17.9. The fourth-order valence-corrected chi connectivity index (χ4v) is 2.32. The molecule has 0 aliphatic rings. The van der Waals surface area contributed by atoms with Crippen molar-refractivity contribution in [3.05, 3.63) is 65.7 Å². The van der Waals surface area contributed by atoms with Crippen molar-refractivity contribution in [2.45, 2.75) is 39.3 Å². The molecule has 3 nitrogen and oxygen atoms in total. The van der Waals surface area contributed by atoms with Crippen molar-refractivity contribution in [2.24, 2.45) is 0 Å². The van der Waals surface area contributed by atoms with Crippen molar-refractivity contribution in [1.82, 2.24) is 5.32 Å². The normalized spacial score (nSPS) is 13.2. The van der Waals surface area contributed by atoms with Crippen LogP contribution in [-0.2, 0) is 11.2 Å². The summed E-state index contributed by atoms with van der Waals surface area (Å²) in [5, 5.41) is 6.28. The number of benzene rings is 2. The summed E-state index contributed by atoms with van der Waals surface area (Å²) in [7, 11) is 0. The van der Waals surface area contributed by atoms with E-state index in [1.807, 2.05) is 56.3 Å². The van der Waals surface area contributed by atoms with Crippen molar-refractivity contribution < 1.29 is 4.79 Å². The van der Waals surface area contributed by atoms with Gasteiger partial charge in [0.2, 0.25) is 5.91 Å². The SMILES string of the molecule is CCc1ccc(N[C@@H](C)C(=O)N[C@H](C)c2ccccc2)cc1. The molecule has 0 aliphatic heterocycles. The largest absolute Gasteiger partial charge is 0.374 e. The Kier molecular flexibility index (Phi) is 5.59. The smallest absolute Gasteiger partial charge is 0.242 e. The third kappa shape index (κ3) is 4.35. The van der Waals surface area contributed by atoms with Crippen LogP contribution in [0.5, 0.6) is 0 Å². The molecule has 0 aromatic heterocycles. The lowest BCUT2D eigenvalue weighted by atomic mass is 10.1. The molecule has 0 radical (unpaired) electrons. The van der Waals surface area contributed by atoms with Crippen LogP contribution in [0.1, 0.15) is 37.9 Å². The van der Waals surface area contributed by atoms with Crippen LogP contribution in [0.4, 0.5) is 5.69 Å². The third-order valence-corrected chi connectivity index (χ3v) is 3.80. The molecule has 2 atom stereocenters. The Hall–Kier alpha value is -2.29. The number of hydrogen-bond donors (Lipinski definition) is 2. The average Bonchev–Trinajstić information content (AvgIpc) is 2.56. The first-order chi connectivity index (χ1) is 10.6. The molecule has 2 N–H and O–H groups in total. The van der Waals surface area contributed by atoms with Crippen LogP contribution in [0, 0.1) is 0 Å². The molecule has 0 aliphatic carbocycles.